The summed E-state index contributed by atoms with van der Waals surface area (Å²) >= 11 is 11.5. The van der Waals surface area contributed by atoms with E-state index in [2.05, 4.69) is 41.0 Å². The van der Waals surface area contributed by atoms with E-state index in [1.54, 1.807) is 6.92 Å². The smallest absolute Gasteiger partial charge is 0.361 e. The molecule has 4 heterocycles. The van der Waals surface area contributed by atoms with Gasteiger partial charge in [-0.3, -0.25) is 4.79 Å². The van der Waals surface area contributed by atoms with Gasteiger partial charge in [0.15, 0.2) is 21.7 Å². The monoisotopic (exact) mass is 591 g/mol. The number of nitrogens with one attached hydrogen (secondary N) is 2. The summed E-state index contributed by atoms with van der Waals surface area (Å²) in [6.07, 6.45) is 0. The number of halogens is 4. The fraction of sp³-hybridized carbons (Fsp3) is 0.167. The number of pyridine rings is 2. The summed E-state index contributed by atoms with van der Waals surface area (Å²) in [6.45, 7) is 4.94. The largest absolute Gasteiger partial charge is 0.461 e. The van der Waals surface area contributed by atoms with E-state index in [0.29, 0.717) is 11.6 Å². The number of primary amides is 1. The number of amides is 1. The van der Waals surface area contributed by atoms with Crippen molar-refractivity contribution in [1.82, 2.24) is 30.4 Å². The van der Waals surface area contributed by atoms with Crippen LogP contribution >= 0.6 is 23.2 Å². The summed E-state index contributed by atoms with van der Waals surface area (Å²) < 4.78 is 31.2. The predicted molar refractivity (Wildman–Crippen MR) is 143 cm³/mol. The Balaban J connectivity index is 0.000000222. The lowest BCUT2D eigenvalue weighted by atomic mass is 10.3. The number of hydrogen-bond acceptors (Lipinski definition) is 11. The third kappa shape index (κ3) is 7.97. The van der Waals surface area contributed by atoms with Crippen LogP contribution in [0.15, 0.2) is 36.4 Å². The highest BCUT2D eigenvalue weighted by Gasteiger charge is 2.17. The van der Waals surface area contributed by atoms with Crippen LogP contribution in [0.1, 0.15) is 39.3 Å². The van der Waals surface area contributed by atoms with E-state index < -0.39 is 23.5 Å². The van der Waals surface area contributed by atoms with Gasteiger partial charge in [-0.1, -0.05) is 23.2 Å². The Hall–Kier alpha value is -4.56. The minimum atomic E-state index is -0.759. The average Bonchev–Trinajstić information content (AvgIpc) is 2.89. The van der Waals surface area contributed by atoms with Crippen molar-refractivity contribution in [3.05, 3.63) is 81.1 Å². The van der Waals surface area contributed by atoms with Crippen molar-refractivity contribution in [1.29, 1.82) is 0 Å². The first-order valence-corrected chi connectivity index (χ1v) is 12.1. The van der Waals surface area contributed by atoms with Crippen molar-refractivity contribution in [2.24, 2.45) is 5.73 Å². The molecular formula is C24H21Cl2F2N9O3. The lowest BCUT2D eigenvalue weighted by Crippen LogP contribution is -2.16. The van der Waals surface area contributed by atoms with Crippen LogP contribution in [0.4, 0.5) is 31.8 Å². The van der Waals surface area contributed by atoms with Crippen molar-refractivity contribution in [2.75, 3.05) is 17.2 Å². The Bertz CT molecular complexity index is 1560. The van der Waals surface area contributed by atoms with Gasteiger partial charge in [-0.15, -0.1) is 20.4 Å². The number of hydrogen-bond donors (Lipinski definition) is 3. The Morgan fingerprint density at radius 1 is 0.825 bits per heavy atom. The zero-order valence-electron chi connectivity index (χ0n) is 21.2. The molecule has 1 amide bonds. The number of esters is 1. The number of ether oxygens (including phenoxy) is 1. The molecule has 4 N–H and O–H groups in total. The van der Waals surface area contributed by atoms with Crippen molar-refractivity contribution < 1.29 is 23.1 Å². The van der Waals surface area contributed by atoms with E-state index in [1.165, 1.54) is 50.2 Å². The van der Waals surface area contributed by atoms with Crippen molar-refractivity contribution in [2.45, 2.75) is 20.8 Å². The molecule has 40 heavy (non-hydrogen) atoms. The highest BCUT2D eigenvalue weighted by Crippen LogP contribution is 2.23. The summed E-state index contributed by atoms with van der Waals surface area (Å²) in [5, 5.41) is 20.3. The van der Waals surface area contributed by atoms with Gasteiger partial charge in [-0.25, -0.2) is 23.5 Å². The maximum atomic E-state index is 13.2. The standard InChI is InChI=1S/C13H12ClFN4O2.C11H9ClFN5O/c1-3-21-13(20)12-9(6-10(14)18-19-12)17-11-5-4-8(15)7(2)16-11;1-5-6(13)2-3-9(15-5)16-7-4-8(12)17-18-10(7)11(14)19/h4-6H,3H2,1-2H3,(H,16,17,18);2-4H,1H3,(H2,14,19)(H,15,16,17). The Kier molecular flexibility index (Phi) is 10.1. The normalized spacial score (nSPS) is 10.3. The maximum absolute atomic E-state index is 13.2. The second kappa shape index (κ2) is 13.5. The number of nitrogens with zero attached hydrogens (tertiary/aromatic N) is 6. The molecule has 0 spiro atoms. The van der Waals surface area contributed by atoms with Gasteiger partial charge in [-0.05, 0) is 45.0 Å². The third-order valence-electron chi connectivity index (χ3n) is 4.80. The first-order chi connectivity index (χ1) is 19.0. The molecule has 0 radical (unpaired) electrons. The molecule has 0 aromatic carbocycles. The third-order valence-corrected chi connectivity index (χ3v) is 5.17. The minimum Gasteiger partial charge on any atom is -0.461 e. The Morgan fingerprint density at radius 3 is 1.70 bits per heavy atom. The molecule has 16 heteroatoms. The topological polar surface area (TPSA) is 171 Å². The van der Waals surface area contributed by atoms with Gasteiger partial charge in [0.25, 0.3) is 5.91 Å². The lowest BCUT2D eigenvalue weighted by molar-refractivity contribution is 0.0519. The molecule has 0 aliphatic carbocycles. The average molecular weight is 592 g/mol. The van der Waals surface area contributed by atoms with Crippen LogP contribution in [0.25, 0.3) is 0 Å². The molecule has 0 fully saturated rings. The molecule has 208 valence electrons. The minimum absolute atomic E-state index is 0.0231. The van der Waals surface area contributed by atoms with Gasteiger partial charge in [0.1, 0.15) is 23.3 Å². The van der Waals surface area contributed by atoms with Crippen molar-refractivity contribution in [3.63, 3.8) is 0 Å². The zero-order chi connectivity index (χ0) is 29.4. The number of anilines is 4. The summed E-state index contributed by atoms with van der Waals surface area (Å²) in [5.74, 6) is -1.55. The molecule has 0 aliphatic heterocycles. The zero-order valence-corrected chi connectivity index (χ0v) is 22.7. The first-order valence-electron chi connectivity index (χ1n) is 11.3. The molecule has 4 aromatic rings. The lowest BCUT2D eigenvalue weighted by Gasteiger charge is -2.10. The Morgan fingerprint density at radius 2 is 1.27 bits per heavy atom. The van der Waals surface area contributed by atoms with Gasteiger partial charge < -0.3 is 21.1 Å². The van der Waals surface area contributed by atoms with Crippen LogP contribution in [-0.4, -0.2) is 48.8 Å². The number of carbonyl (C=O) groups is 2. The predicted octanol–water partition coefficient (Wildman–Crippen LogP) is 4.71. The highest BCUT2D eigenvalue weighted by molar-refractivity contribution is 6.30. The van der Waals surface area contributed by atoms with E-state index in [9.17, 15) is 18.4 Å². The van der Waals surface area contributed by atoms with E-state index in [-0.39, 0.29) is 51.1 Å². The van der Waals surface area contributed by atoms with Crippen LogP contribution in [0.3, 0.4) is 0 Å². The van der Waals surface area contributed by atoms with Gasteiger partial charge in [-0.2, -0.15) is 0 Å². The number of carbonyl (C=O) groups excluding carboxylic acids is 2. The molecule has 12 nitrogen and oxygen atoms in total. The quantitative estimate of drug-likeness (QED) is 0.254. The van der Waals surface area contributed by atoms with Crippen LogP contribution < -0.4 is 16.4 Å². The molecule has 0 aliphatic rings. The molecule has 0 saturated heterocycles. The SMILES string of the molecule is CCOC(=O)c1nnc(Cl)cc1Nc1ccc(F)c(C)n1.Cc1nc(Nc2cc(Cl)nnc2C(N)=O)ccc1F. The molecule has 0 atom stereocenters. The van der Waals surface area contributed by atoms with Gasteiger partial charge in [0.2, 0.25) is 0 Å². The van der Waals surface area contributed by atoms with Crippen LogP contribution in [-0.2, 0) is 4.74 Å². The molecule has 0 bridgehead atoms. The molecular weight excluding hydrogens is 571 g/mol. The molecule has 0 saturated carbocycles. The number of rotatable bonds is 7. The fourth-order valence-electron chi connectivity index (χ4n) is 2.96. The second-order valence-electron chi connectivity index (χ2n) is 7.72. The summed E-state index contributed by atoms with van der Waals surface area (Å²) in [5.41, 5.74) is 6.06. The van der Waals surface area contributed by atoms with Crippen LogP contribution in [0, 0.1) is 25.5 Å². The van der Waals surface area contributed by atoms with E-state index >= 15 is 0 Å². The molecule has 4 aromatic heterocycles. The van der Waals surface area contributed by atoms with Crippen LogP contribution in [0.2, 0.25) is 10.3 Å². The maximum Gasteiger partial charge on any atom is 0.361 e. The fourth-order valence-corrected chi connectivity index (χ4v) is 3.26. The van der Waals surface area contributed by atoms with Crippen molar-refractivity contribution >= 4 is 58.1 Å². The highest BCUT2D eigenvalue weighted by atomic mass is 35.5. The molecule has 4 rings (SSSR count). The second-order valence-corrected chi connectivity index (χ2v) is 8.50. The van der Waals surface area contributed by atoms with E-state index in [4.69, 9.17) is 33.7 Å². The van der Waals surface area contributed by atoms with E-state index in [1.807, 2.05) is 0 Å². The summed E-state index contributed by atoms with van der Waals surface area (Å²) in [7, 11) is 0. The summed E-state index contributed by atoms with van der Waals surface area (Å²) in [4.78, 5) is 31.0. The van der Waals surface area contributed by atoms with Gasteiger partial charge in [0, 0.05) is 12.1 Å². The van der Waals surface area contributed by atoms with Gasteiger partial charge >= 0.3 is 5.97 Å². The van der Waals surface area contributed by atoms with Crippen LogP contribution in [0.5, 0.6) is 0 Å². The Labute approximate surface area is 236 Å². The number of aryl methyl sites for hydroxylation is 2. The summed E-state index contributed by atoms with van der Waals surface area (Å²) in [6, 6.07) is 8.18. The number of nitrogens with two attached hydrogens (primary N) is 1. The van der Waals surface area contributed by atoms with Crippen molar-refractivity contribution in [3.8, 4) is 0 Å². The first kappa shape index (κ1) is 30.0. The van der Waals surface area contributed by atoms with Gasteiger partial charge in [0.05, 0.1) is 29.4 Å². The molecule has 0 unspecified atom stereocenters. The van der Waals surface area contributed by atoms with E-state index in [0.717, 1.165) is 0 Å². The number of aromatic nitrogens is 6.